The molecule has 1 saturated heterocycles. The van der Waals surface area contributed by atoms with Gasteiger partial charge in [-0.25, -0.2) is 0 Å². The van der Waals surface area contributed by atoms with Crippen LogP contribution >= 0.6 is 0 Å². The van der Waals surface area contributed by atoms with E-state index in [1.807, 2.05) is 26.8 Å². The number of hydrogen-bond acceptors (Lipinski definition) is 6. The lowest BCUT2D eigenvalue weighted by Gasteiger charge is -2.25. The van der Waals surface area contributed by atoms with Gasteiger partial charge in [0, 0.05) is 6.54 Å². The minimum absolute atomic E-state index is 0.0358. The standard InChI is InChI=1S/C24H27NO6/c1-6-9-25-20(15-7-8-18(30-4)17(26)12-15)19(22(28)24(25)29)21(27)16-11-13(2)10-14(3)23(16)31-5/h7-8,10-12,20,26-27H,6,9H2,1-5H3/b21-19+. The fourth-order valence-corrected chi connectivity index (χ4v) is 4.12. The van der Waals surface area contributed by atoms with Crippen molar-refractivity contribution in [2.45, 2.75) is 33.2 Å². The molecule has 31 heavy (non-hydrogen) atoms. The van der Waals surface area contributed by atoms with Crippen LogP contribution in [0.25, 0.3) is 5.76 Å². The molecule has 0 aliphatic carbocycles. The molecule has 0 radical (unpaired) electrons. The summed E-state index contributed by atoms with van der Waals surface area (Å²) in [4.78, 5) is 27.3. The lowest BCUT2D eigenvalue weighted by atomic mass is 9.93. The molecule has 0 saturated carbocycles. The van der Waals surface area contributed by atoms with Gasteiger partial charge in [-0.2, -0.15) is 0 Å². The van der Waals surface area contributed by atoms with E-state index in [9.17, 15) is 19.8 Å². The average Bonchev–Trinajstić information content (AvgIpc) is 2.98. The third-order valence-electron chi connectivity index (χ3n) is 5.40. The summed E-state index contributed by atoms with van der Waals surface area (Å²) in [5, 5.41) is 21.6. The highest BCUT2D eigenvalue weighted by Crippen LogP contribution is 2.43. The van der Waals surface area contributed by atoms with Gasteiger partial charge in [-0.1, -0.05) is 19.1 Å². The monoisotopic (exact) mass is 425 g/mol. The molecule has 2 N–H and O–H groups in total. The number of phenols is 1. The lowest BCUT2D eigenvalue weighted by Crippen LogP contribution is -2.30. The zero-order chi connectivity index (χ0) is 22.9. The van der Waals surface area contributed by atoms with E-state index in [-0.39, 0.29) is 22.8 Å². The number of nitrogens with zero attached hydrogens (tertiary/aromatic N) is 1. The normalized spacial score (nSPS) is 17.8. The molecule has 2 aromatic carbocycles. The summed E-state index contributed by atoms with van der Waals surface area (Å²) in [6, 6.07) is 7.46. The predicted molar refractivity (Wildman–Crippen MR) is 116 cm³/mol. The van der Waals surface area contributed by atoms with Crippen LogP contribution in [0.15, 0.2) is 35.9 Å². The molecule has 7 heteroatoms. The second kappa shape index (κ2) is 8.71. The number of hydrogen-bond donors (Lipinski definition) is 2. The van der Waals surface area contributed by atoms with E-state index in [0.29, 0.717) is 29.8 Å². The molecule has 0 bridgehead atoms. The van der Waals surface area contributed by atoms with Crippen LogP contribution < -0.4 is 9.47 Å². The first kappa shape index (κ1) is 22.2. The highest BCUT2D eigenvalue weighted by Gasteiger charge is 2.46. The van der Waals surface area contributed by atoms with Crippen LogP contribution in [0.2, 0.25) is 0 Å². The molecule has 2 aromatic rings. The van der Waals surface area contributed by atoms with Gasteiger partial charge in [-0.3, -0.25) is 9.59 Å². The van der Waals surface area contributed by atoms with E-state index in [0.717, 1.165) is 11.1 Å². The summed E-state index contributed by atoms with van der Waals surface area (Å²) in [5.41, 5.74) is 2.48. The van der Waals surface area contributed by atoms with Gasteiger partial charge in [-0.15, -0.1) is 0 Å². The number of aliphatic hydroxyl groups excluding tert-OH is 1. The molecule has 7 nitrogen and oxygen atoms in total. The quantitative estimate of drug-likeness (QED) is 0.415. The van der Waals surface area contributed by atoms with E-state index in [1.165, 1.54) is 25.2 Å². The van der Waals surface area contributed by atoms with Crippen LogP contribution in [-0.4, -0.2) is 47.6 Å². The molecule has 1 atom stereocenters. The number of phenolic OH excluding ortho intramolecular Hbond substituents is 1. The zero-order valence-electron chi connectivity index (χ0n) is 18.4. The van der Waals surface area contributed by atoms with Crippen LogP contribution in [0.1, 0.15) is 41.6 Å². The number of benzene rings is 2. The number of aryl methyl sites for hydroxylation is 2. The largest absolute Gasteiger partial charge is 0.507 e. The first-order valence-corrected chi connectivity index (χ1v) is 10.1. The maximum Gasteiger partial charge on any atom is 0.295 e. The molecular formula is C24H27NO6. The molecular weight excluding hydrogens is 398 g/mol. The van der Waals surface area contributed by atoms with Crippen LogP contribution in [0.5, 0.6) is 17.2 Å². The molecule has 1 unspecified atom stereocenters. The number of Topliss-reactive ketones (excluding diaryl/α,β-unsaturated/α-hetero) is 1. The van der Waals surface area contributed by atoms with Gasteiger partial charge in [0.25, 0.3) is 11.7 Å². The minimum atomic E-state index is -0.845. The van der Waals surface area contributed by atoms with E-state index in [2.05, 4.69) is 0 Å². The molecule has 1 aliphatic rings. The van der Waals surface area contributed by atoms with Gasteiger partial charge in [0.05, 0.1) is 31.4 Å². The molecule has 0 spiro atoms. The zero-order valence-corrected chi connectivity index (χ0v) is 18.4. The summed E-state index contributed by atoms with van der Waals surface area (Å²) < 4.78 is 10.6. The van der Waals surface area contributed by atoms with Crippen molar-refractivity contribution in [3.05, 3.63) is 58.2 Å². The molecule has 0 aromatic heterocycles. The summed E-state index contributed by atoms with van der Waals surface area (Å²) in [5.74, 6) is -1.18. The van der Waals surface area contributed by atoms with E-state index in [4.69, 9.17) is 9.47 Å². The van der Waals surface area contributed by atoms with Gasteiger partial charge in [0.2, 0.25) is 0 Å². The first-order valence-electron chi connectivity index (χ1n) is 10.1. The van der Waals surface area contributed by atoms with E-state index < -0.39 is 17.7 Å². The van der Waals surface area contributed by atoms with E-state index in [1.54, 1.807) is 18.2 Å². The third-order valence-corrected chi connectivity index (χ3v) is 5.40. The summed E-state index contributed by atoms with van der Waals surface area (Å²) >= 11 is 0. The van der Waals surface area contributed by atoms with E-state index >= 15 is 0 Å². The van der Waals surface area contributed by atoms with Crippen LogP contribution in [0.4, 0.5) is 0 Å². The maximum atomic E-state index is 13.0. The first-order chi connectivity index (χ1) is 14.7. The molecule has 3 rings (SSSR count). The topological polar surface area (TPSA) is 96.3 Å². The fraction of sp³-hybridized carbons (Fsp3) is 0.333. The number of aromatic hydroxyl groups is 1. The average molecular weight is 425 g/mol. The predicted octanol–water partition coefficient (Wildman–Crippen LogP) is 3.86. The fourth-order valence-electron chi connectivity index (χ4n) is 4.12. The van der Waals surface area contributed by atoms with Gasteiger partial charge >= 0.3 is 0 Å². The number of carbonyl (C=O) groups is 2. The van der Waals surface area contributed by atoms with Gasteiger partial charge < -0.3 is 24.6 Å². The van der Waals surface area contributed by atoms with Crippen LogP contribution in [-0.2, 0) is 9.59 Å². The molecule has 1 fully saturated rings. The Kier molecular flexibility index (Phi) is 6.24. The molecule has 164 valence electrons. The Morgan fingerprint density at radius 2 is 1.81 bits per heavy atom. The number of amides is 1. The minimum Gasteiger partial charge on any atom is -0.507 e. The summed E-state index contributed by atoms with van der Waals surface area (Å²) in [7, 11) is 2.92. The Bertz CT molecular complexity index is 1070. The Morgan fingerprint density at radius 3 is 2.39 bits per heavy atom. The number of carbonyl (C=O) groups excluding carboxylic acids is 2. The van der Waals surface area contributed by atoms with Crippen molar-refractivity contribution in [3.8, 4) is 17.2 Å². The molecule has 1 heterocycles. The number of ketones is 1. The lowest BCUT2D eigenvalue weighted by molar-refractivity contribution is -0.139. The number of ether oxygens (including phenoxy) is 2. The van der Waals surface area contributed by atoms with Crippen molar-refractivity contribution in [2.24, 2.45) is 0 Å². The number of likely N-dealkylation sites (tertiary alicyclic amines) is 1. The Balaban J connectivity index is 2.29. The van der Waals surface area contributed by atoms with Crippen molar-refractivity contribution in [1.29, 1.82) is 0 Å². The van der Waals surface area contributed by atoms with Crippen LogP contribution in [0.3, 0.4) is 0 Å². The summed E-state index contributed by atoms with van der Waals surface area (Å²) in [6.45, 7) is 5.94. The van der Waals surface area contributed by atoms with Crippen molar-refractivity contribution < 1.29 is 29.3 Å². The second-order valence-electron chi connectivity index (χ2n) is 7.59. The maximum absolute atomic E-state index is 13.0. The number of aliphatic hydroxyl groups is 1. The Morgan fingerprint density at radius 1 is 1.10 bits per heavy atom. The van der Waals surface area contributed by atoms with Gasteiger partial charge in [-0.05, 0) is 55.2 Å². The second-order valence-corrected chi connectivity index (χ2v) is 7.59. The number of rotatable bonds is 6. The van der Waals surface area contributed by atoms with Gasteiger partial charge in [0.15, 0.2) is 11.5 Å². The highest BCUT2D eigenvalue weighted by atomic mass is 16.5. The highest BCUT2D eigenvalue weighted by molar-refractivity contribution is 6.46. The Hall–Kier alpha value is -3.48. The SMILES string of the molecule is CCCN1C(=O)C(=O)/C(=C(/O)c2cc(C)cc(C)c2OC)C1c1ccc(OC)c(O)c1. The smallest absolute Gasteiger partial charge is 0.295 e. The third kappa shape index (κ3) is 3.83. The van der Waals surface area contributed by atoms with Crippen LogP contribution in [0, 0.1) is 13.8 Å². The van der Waals surface area contributed by atoms with Crippen molar-refractivity contribution in [3.63, 3.8) is 0 Å². The summed E-state index contributed by atoms with van der Waals surface area (Å²) in [6.07, 6.45) is 0.624. The number of methoxy groups -OCH3 is 2. The molecule has 1 amide bonds. The Labute approximate surface area is 181 Å². The van der Waals surface area contributed by atoms with Crippen molar-refractivity contribution >= 4 is 17.4 Å². The van der Waals surface area contributed by atoms with Crippen molar-refractivity contribution in [1.82, 2.24) is 4.90 Å². The van der Waals surface area contributed by atoms with Gasteiger partial charge in [0.1, 0.15) is 11.5 Å². The van der Waals surface area contributed by atoms with Crippen molar-refractivity contribution in [2.75, 3.05) is 20.8 Å². The molecule has 1 aliphatic heterocycles.